The summed E-state index contributed by atoms with van der Waals surface area (Å²) in [7, 11) is -3.98. The Balaban J connectivity index is 2.28. The second kappa shape index (κ2) is 5.18. The van der Waals surface area contributed by atoms with Crippen molar-refractivity contribution in [2.45, 2.75) is 38.2 Å². The van der Waals surface area contributed by atoms with Crippen molar-refractivity contribution in [2.24, 2.45) is 5.41 Å². The lowest BCUT2D eigenvalue weighted by Gasteiger charge is -2.24. The zero-order valence-electron chi connectivity index (χ0n) is 11.8. The maximum atomic E-state index is 12.2. The molecule has 1 fully saturated rings. The second-order valence-corrected chi connectivity index (χ2v) is 6.93. The third-order valence-electron chi connectivity index (χ3n) is 3.73. The molecule has 0 spiro atoms. The molecule has 110 valence electrons. The summed E-state index contributed by atoms with van der Waals surface area (Å²) in [6.07, 6.45) is -0.494. The van der Waals surface area contributed by atoms with Gasteiger partial charge in [0.2, 0.25) is 0 Å². The van der Waals surface area contributed by atoms with Crippen molar-refractivity contribution >= 4 is 16.1 Å². The topological polar surface area (TPSA) is 69.7 Å². The molecule has 0 unspecified atom stereocenters. The number of cyclic esters (lactones) is 1. The van der Waals surface area contributed by atoms with Gasteiger partial charge < -0.3 is 4.74 Å². The number of ether oxygens (including phenoxy) is 1. The first-order valence-corrected chi connectivity index (χ1v) is 7.86. The number of carbonyl (C=O) groups is 1. The summed E-state index contributed by atoms with van der Waals surface area (Å²) in [5.74, 6) is -0.620. The molecule has 20 heavy (non-hydrogen) atoms. The van der Waals surface area contributed by atoms with Crippen molar-refractivity contribution in [3.05, 3.63) is 29.8 Å². The summed E-state index contributed by atoms with van der Waals surface area (Å²) >= 11 is 0. The normalized spacial score (nSPS) is 26.6. The predicted molar refractivity (Wildman–Crippen MR) is 72.6 cm³/mol. The summed E-state index contributed by atoms with van der Waals surface area (Å²) < 4.78 is 34.5. The smallest absolute Gasteiger partial charge is 0.337 e. The van der Waals surface area contributed by atoms with Gasteiger partial charge in [0.25, 0.3) is 10.1 Å². The Bertz CT molecular complexity index is 605. The Morgan fingerprint density at radius 3 is 2.50 bits per heavy atom. The number of esters is 1. The number of benzene rings is 1. The molecule has 0 bridgehead atoms. The molecule has 0 saturated carbocycles. The average Bonchev–Trinajstić information content (AvgIpc) is 2.68. The molecule has 1 saturated heterocycles. The first-order chi connectivity index (χ1) is 9.28. The summed E-state index contributed by atoms with van der Waals surface area (Å²) in [5, 5.41) is 0. The number of hydrogen-bond donors (Lipinski definition) is 0. The van der Waals surface area contributed by atoms with Crippen LogP contribution in [-0.2, 0) is 23.8 Å². The van der Waals surface area contributed by atoms with Crippen LogP contribution < -0.4 is 0 Å². The van der Waals surface area contributed by atoms with Crippen LogP contribution in [0.1, 0.15) is 25.8 Å². The second-order valence-electron chi connectivity index (χ2n) is 5.36. The van der Waals surface area contributed by atoms with E-state index in [0.717, 1.165) is 5.56 Å². The molecule has 0 N–H and O–H groups in total. The first-order valence-electron chi connectivity index (χ1n) is 6.45. The van der Waals surface area contributed by atoms with E-state index in [1.807, 2.05) is 13.8 Å². The van der Waals surface area contributed by atoms with Crippen molar-refractivity contribution in [1.82, 2.24) is 0 Å². The van der Waals surface area contributed by atoms with Crippen LogP contribution in [0.2, 0.25) is 0 Å². The van der Waals surface area contributed by atoms with E-state index in [4.69, 9.17) is 8.92 Å². The van der Waals surface area contributed by atoms with Gasteiger partial charge >= 0.3 is 5.97 Å². The van der Waals surface area contributed by atoms with Gasteiger partial charge in [0.05, 0.1) is 11.5 Å². The highest BCUT2D eigenvalue weighted by atomic mass is 32.2. The number of aryl methyl sites for hydroxylation is 1. The van der Waals surface area contributed by atoms with Crippen molar-refractivity contribution in [3.63, 3.8) is 0 Å². The van der Waals surface area contributed by atoms with E-state index in [1.165, 1.54) is 12.1 Å². The van der Waals surface area contributed by atoms with Crippen LogP contribution in [0, 0.1) is 12.3 Å². The van der Waals surface area contributed by atoms with Crippen LogP contribution in [0.25, 0.3) is 0 Å². The lowest BCUT2D eigenvalue weighted by molar-refractivity contribution is -0.143. The molecule has 5 nitrogen and oxygen atoms in total. The van der Waals surface area contributed by atoms with E-state index in [2.05, 4.69) is 0 Å². The maximum absolute atomic E-state index is 12.2. The molecular formula is C14H18O5S. The van der Waals surface area contributed by atoms with Crippen LogP contribution in [0.15, 0.2) is 29.2 Å². The van der Waals surface area contributed by atoms with E-state index < -0.39 is 27.6 Å². The fourth-order valence-electron chi connectivity index (χ4n) is 2.00. The van der Waals surface area contributed by atoms with Crippen LogP contribution in [0.3, 0.4) is 0 Å². The minimum atomic E-state index is -3.98. The molecule has 1 aliphatic heterocycles. The molecule has 2 atom stereocenters. The standard InChI is InChI=1S/C14H18O5S/c1-4-14(3)9-18-13(15)12(14)19-20(16,17)11-7-5-10(2)6-8-11/h5-8,12H,4,9H2,1-3H3/t12-,14-/m0/s1. The van der Waals surface area contributed by atoms with Gasteiger partial charge in [0.1, 0.15) is 0 Å². The van der Waals surface area contributed by atoms with E-state index in [1.54, 1.807) is 19.1 Å². The molecule has 1 heterocycles. The Hall–Kier alpha value is -1.40. The molecule has 0 amide bonds. The molecule has 2 rings (SSSR count). The van der Waals surface area contributed by atoms with Gasteiger partial charge in [-0.15, -0.1) is 0 Å². The fraction of sp³-hybridized carbons (Fsp3) is 0.500. The summed E-state index contributed by atoms with van der Waals surface area (Å²) in [5.41, 5.74) is 0.331. The van der Waals surface area contributed by atoms with E-state index in [-0.39, 0.29) is 11.5 Å². The molecule has 6 heteroatoms. The fourth-order valence-corrected chi connectivity index (χ4v) is 3.15. The highest BCUT2D eigenvalue weighted by Crippen LogP contribution is 2.36. The predicted octanol–water partition coefficient (Wildman–Crippen LogP) is 2.04. The highest BCUT2D eigenvalue weighted by Gasteiger charge is 2.49. The van der Waals surface area contributed by atoms with Crippen LogP contribution >= 0.6 is 0 Å². The number of hydrogen-bond acceptors (Lipinski definition) is 5. The van der Waals surface area contributed by atoms with Crippen LogP contribution in [0.5, 0.6) is 0 Å². The zero-order chi connectivity index (χ0) is 15.0. The first kappa shape index (κ1) is 15.0. The third-order valence-corrected chi connectivity index (χ3v) is 5.03. The van der Waals surface area contributed by atoms with Gasteiger partial charge in [-0.05, 0) is 25.5 Å². The minimum Gasteiger partial charge on any atom is -0.463 e. The van der Waals surface area contributed by atoms with E-state index in [9.17, 15) is 13.2 Å². The monoisotopic (exact) mass is 298 g/mol. The van der Waals surface area contributed by atoms with Crippen molar-refractivity contribution < 1.29 is 22.1 Å². The molecule has 1 aromatic carbocycles. The Kier molecular flexibility index (Phi) is 3.88. The van der Waals surface area contributed by atoms with Gasteiger partial charge in [-0.25, -0.2) is 4.79 Å². The van der Waals surface area contributed by atoms with Crippen molar-refractivity contribution in [2.75, 3.05) is 6.61 Å². The maximum Gasteiger partial charge on any atom is 0.337 e. The van der Waals surface area contributed by atoms with Crippen LogP contribution in [-0.4, -0.2) is 27.1 Å². The number of rotatable bonds is 4. The lowest BCUT2D eigenvalue weighted by Crippen LogP contribution is -2.36. The van der Waals surface area contributed by atoms with E-state index in [0.29, 0.717) is 6.42 Å². The highest BCUT2D eigenvalue weighted by molar-refractivity contribution is 7.86. The quantitative estimate of drug-likeness (QED) is 0.628. The lowest BCUT2D eigenvalue weighted by atomic mass is 9.84. The van der Waals surface area contributed by atoms with Crippen LogP contribution in [0.4, 0.5) is 0 Å². The molecule has 1 aromatic rings. The summed E-state index contributed by atoms with van der Waals surface area (Å²) in [6.45, 7) is 5.69. The molecule has 0 aliphatic carbocycles. The van der Waals surface area contributed by atoms with E-state index >= 15 is 0 Å². The summed E-state index contributed by atoms with van der Waals surface area (Å²) in [4.78, 5) is 11.7. The van der Waals surface area contributed by atoms with Gasteiger partial charge in [0.15, 0.2) is 6.10 Å². The molecule has 0 radical (unpaired) electrons. The number of carbonyl (C=O) groups excluding carboxylic acids is 1. The minimum absolute atomic E-state index is 0.0428. The van der Waals surface area contributed by atoms with Crippen molar-refractivity contribution in [3.8, 4) is 0 Å². The van der Waals surface area contributed by atoms with Crippen molar-refractivity contribution in [1.29, 1.82) is 0 Å². The largest absolute Gasteiger partial charge is 0.463 e. The zero-order valence-corrected chi connectivity index (χ0v) is 12.6. The average molecular weight is 298 g/mol. The van der Waals surface area contributed by atoms with Gasteiger partial charge in [-0.3, -0.25) is 4.18 Å². The SMILES string of the molecule is CC[C@@]1(C)COC(=O)[C@@H]1OS(=O)(=O)c1ccc(C)cc1. The Morgan fingerprint density at radius 2 is 1.95 bits per heavy atom. The van der Waals surface area contributed by atoms with Gasteiger partial charge in [-0.2, -0.15) is 8.42 Å². The Labute approximate surface area is 119 Å². The molecule has 0 aromatic heterocycles. The van der Waals surface area contributed by atoms with Gasteiger partial charge in [0, 0.05) is 5.41 Å². The third kappa shape index (κ3) is 2.71. The molecule has 1 aliphatic rings. The summed E-state index contributed by atoms with van der Waals surface area (Å²) in [6, 6.07) is 6.30. The van der Waals surface area contributed by atoms with Gasteiger partial charge in [-0.1, -0.05) is 31.5 Å². The Morgan fingerprint density at radius 1 is 1.35 bits per heavy atom. The molecular weight excluding hydrogens is 280 g/mol.